The Kier molecular flexibility index (Phi) is 5.59. The van der Waals surface area contributed by atoms with E-state index < -0.39 is 0 Å². The summed E-state index contributed by atoms with van der Waals surface area (Å²) in [6.45, 7) is 0.420. The number of anilines is 2. The van der Waals surface area contributed by atoms with Crippen molar-refractivity contribution >= 4 is 17.3 Å². The molecule has 1 aromatic carbocycles. The fourth-order valence-electron chi connectivity index (χ4n) is 1.82. The SMILES string of the molecule is CN(C)c1cccc(NC(=O)CN=NC[n+]2ccccc2)c1. The maximum Gasteiger partial charge on any atom is 0.259 e. The molecule has 0 radical (unpaired) electrons. The van der Waals surface area contributed by atoms with E-state index in [9.17, 15) is 4.79 Å². The molecule has 0 fully saturated rings. The van der Waals surface area contributed by atoms with Gasteiger partial charge in [-0.1, -0.05) is 12.1 Å². The number of carbonyl (C=O) groups excluding carboxylic acids is 1. The second kappa shape index (κ2) is 7.87. The molecule has 114 valence electrons. The van der Waals surface area contributed by atoms with E-state index in [-0.39, 0.29) is 12.5 Å². The highest BCUT2D eigenvalue weighted by Gasteiger charge is 2.03. The van der Waals surface area contributed by atoms with Crippen molar-refractivity contribution in [1.29, 1.82) is 0 Å². The molecule has 0 saturated carbocycles. The van der Waals surface area contributed by atoms with Crippen LogP contribution in [-0.2, 0) is 11.5 Å². The molecule has 22 heavy (non-hydrogen) atoms. The van der Waals surface area contributed by atoms with Gasteiger partial charge in [-0.25, -0.2) is 0 Å². The van der Waals surface area contributed by atoms with Crippen LogP contribution < -0.4 is 14.8 Å². The van der Waals surface area contributed by atoms with Crippen LogP contribution in [0.4, 0.5) is 11.4 Å². The van der Waals surface area contributed by atoms with E-state index in [2.05, 4.69) is 15.5 Å². The maximum absolute atomic E-state index is 11.8. The van der Waals surface area contributed by atoms with Crippen molar-refractivity contribution in [1.82, 2.24) is 0 Å². The van der Waals surface area contributed by atoms with Gasteiger partial charge in [0.05, 0.1) is 0 Å². The molecule has 0 saturated heterocycles. The number of aromatic nitrogens is 1. The number of hydrogen-bond acceptors (Lipinski definition) is 4. The summed E-state index contributed by atoms with van der Waals surface area (Å²) in [5, 5.41) is 10.7. The van der Waals surface area contributed by atoms with Crippen molar-refractivity contribution in [3.63, 3.8) is 0 Å². The summed E-state index contributed by atoms with van der Waals surface area (Å²) in [5.74, 6) is -0.183. The molecular formula is C16H20N5O+. The minimum Gasteiger partial charge on any atom is -0.378 e. The number of rotatable bonds is 6. The van der Waals surface area contributed by atoms with Gasteiger partial charge in [0.1, 0.15) is 6.54 Å². The molecular weight excluding hydrogens is 278 g/mol. The Hall–Kier alpha value is -2.76. The highest BCUT2D eigenvalue weighted by molar-refractivity contribution is 5.92. The Bertz CT molecular complexity index is 640. The summed E-state index contributed by atoms with van der Waals surface area (Å²) in [5.41, 5.74) is 1.78. The highest BCUT2D eigenvalue weighted by atomic mass is 16.1. The first-order valence-electron chi connectivity index (χ1n) is 7.00. The fourth-order valence-corrected chi connectivity index (χ4v) is 1.82. The second-order valence-electron chi connectivity index (χ2n) is 4.97. The van der Waals surface area contributed by atoms with Crippen LogP contribution in [0.2, 0.25) is 0 Å². The van der Waals surface area contributed by atoms with Gasteiger partial charge >= 0.3 is 0 Å². The lowest BCUT2D eigenvalue weighted by Crippen LogP contribution is -2.30. The molecule has 1 N–H and O–H groups in total. The molecule has 0 aliphatic rings. The molecule has 2 rings (SSSR count). The normalized spacial score (nSPS) is 10.6. The first-order chi connectivity index (χ1) is 10.6. The number of nitrogens with zero attached hydrogens (tertiary/aromatic N) is 4. The number of amides is 1. The zero-order chi connectivity index (χ0) is 15.8. The van der Waals surface area contributed by atoms with Gasteiger partial charge in [0.15, 0.2) is 12.4 Å². The summed E-state index contributed by atoms with van der Waals surface area (Å²) in [6.07, 6.45) is 3.79. The Morgan fingerprint density at radius 3 is 2.64 bits per heavy atom. The third-order valence-electron chi connectivity index (χ3n) is 2.96. The van der Waals surface area contributed by atoms with E-state index in [1.807, 2.05) is 78.4 Å². The van der Waals surface area contributed by atoms with Crippen LogP contribution in [0.25, 0.3) is 0 Å². The molecule has 0 unspecified atom stereocenters. The Morgan fingerprint density at radius 1 is 1.14 bits per heavy atom. The molecule has 1 heterocycles. The van der Waals surface area contributed by atoms with Crippen molar-refractivity contribution < 1.29 is 9.36 Å². The number of benzene rings is 1. The van der Waals surface area contributed by atoms with E-state index in [0.717, 1.165) is 11.4 Å². The quantitative estimate of drug-likeness (QED) is 0.655. The zero-order valence-electron chi connectivity index (χ0n) is 12.8. The van der Waals surface area contributed by atoms with Crippen molar-refractivity contribution in [3.05, 3.63) is 54.9 Å². The summed E-state index contributed by atoms with van der Waals surface area (Å²) in [6, 6.07) is 13.4. The lowest BCUT2D eigenvalue weighted by Gasteiger charge is -2.13. The molecule has 0 aliphatic carbocycles. The molecule has 1 amide bonds. The van der Waals surface area contributed by atoms with Gasteiger partial charge in [-0.05, 0) is 18.2 Å². The average molecular weight is 298 g/mol. The third kappa shape index (κ3) is 4.97. The van der Waals surface area contributed by atoms with Crippen LogP contribution in [0.5, 0.6) is 0 Å². The van der Waals surface area contributed by atoms with Crippen LogP contribution >= 0.6 is 0 Å². The van der Waals surface area contributed by atoms with E-state index in [4.69, 9.17) is 0 Å². The Morgan fingerprint density at radius 2 is 1.91 bits per heavy atom. The number of hydrogen-bond donors (Lipinski definition) is 1. The number of nitrogens with one attached hydrogen (secondary N) is 1. The van der Waals surface area contributed by atoms with Crippen LogP contribution in [0.3, 0.4) is 0 Å². The van der Waals surface area contributed by atoms with Gasteiger partial charge in [-0.15, -0.1) is 5.11 Å². The standard InChI is InChI=1S/C16H19N5O/c1-20(2)15-8-6-7-14(11-15)19-16(22)12-17-18-13-21-9-4-3-5-10-21/h3-11H,12-13H2,1-2H3/p+1. The lowest BCUT2D eigenvalue weighted by atomic mass is 10.2. The second-order valence-corrected chi connectivity index (χ2v) is 4.97. The van der Waals surface area contributed by atoms with Gasteiger partial charge in [0, 0.05) is 37.6 Å². The smallest absolute Gasteiger partial charge is 0.259 e. The van der Waals surface area contributed by atoms with Crippen LogP contribution in [-0.4, -0.2) is 26.5 Å². The zero-order valence-corrected chi connectivity index (χ0v) is 12.8. The lowest BCUT2D eigenvalue weighted by molar-refractivity contribution is -0.696. The summed E-state index contributed by atoms with van der Waals surface area (Å²) < 4.78 is 1.88. The minimum atomic E-state index is -0.183. The van der Waals surface area contributed by atoms with Gasteiger partial charge in [0.25, 0.3) is 6.67 Å². The average Bonchev–Trinajstić information content (AvgIpc) is 2.53. The topological polar surface area (TPSA) is 60.9 Å². The fraction of sp³-hybridized carbons (Fsp3) is 0.250. The van der Waals surface area contributed by atoms with Crippen molar-refractivity contribution in [2.45, 2.75) is 6.67 Å². The first-order valence-corrected chi connectivity index (χ1v) is 7.00. The maximum atomic E-state index is 11.8. The summed E-state index contributed by atoms with van der Waals surface area (Å²) in [7, 11) is 3.91. The largest absolute Gasteiger partial charge is 0.378 e. The molecule has 6 nitrogen and oxygen atoms in total. The number of azo groups is 1. The molecule has 0 bridgehead atoms. The predicted octanol–water partition coefficient (Wildman–Crippen LogP) is 2.09. The van der Waals surface area contributed by atoms with Gasteiger partial charge < -0.3 is 10.2 Å². The van der Waals surface area contributed by atoms with Gasteiger partial charge in [0.2, 0.25) is 5.91 Å². The number of pyridine rings is 1. The van der Waals surface area contributed by atoms with Gasteiger partial charge in [-0.2, -0.15) is 9.68 Å². The van der Waals surface area contributed by atoms with Gasteiger partial charge in [-0.3, -0.25) is 4.79 Å². The number of carbonyl (C=O) groups is 1. The minimum absolute atomic E-state index is 0.0135. The van der Waals surface area contributed by atoms with Crippen LogP contribution in [0.1, 0.15) is 0 Å². The Balaban J connectivity index is 1.81. The van der Waals surface area contributed by atoms with E-state index >= 15 is 0 Å². The molecule has 1 aromatic heterocycles. The van der Waals surface area contributed by atoms with Crippen LogP contribution in [0, 0.1) is 0 Å². The summed E-state index contributed by atoms with van der Waals surface area (Å²) >= 11 is 0. The monoisotopic (exact) mass is 298 g/mol. The van der Waals surface area contributed by atoms with E-state index in [1.165, 1.54) is 0 Å². The van der Waals surface area contributed by atoms with Crippen molar-refractivity contribution in [2.75, 3.05) is 30.9 Å². The molecule has 2 aromatic rings. The third-order valence-corrected chi connectivity index (χ3v) is 2.96. The molecule has 0 aliphatic heterocycles. The van der Waals surface area contributed by atoms with Crippen molar-refractivity contribution in [3.8, 4) is 0 Å². The molecule has 6 heteroatoms. The van der Waals surface area contributed by atoms with Crippen molar-refractivity contribution in [2.24, 2.45) is 10.2 Å². The molecule has 0 spiro atoms. The first kappa shape index (κ1) is 15.6. The summed E-state index contributed by atoms with van der Waals surface area (Å²) in [4.78, 5) is 13.8. The van der Waals surface area contributed by atoms with Crippen LogP contribution in [0.15, 0.2) is 65.1 Å². The van der Waals surface area contributed by atoms with E-state index in [1.54, 1.807) is 0 Å². The molecule has 0 atom stereocenters. The van der Waals surface area contributed by atoms with E-state index in [0.29, 0.717) is 6.67 Å². The predicted molar refractivity (Wildman–Crippen MR) is 85.8 cm³/mol. The highest BCUT2D eigenvalue weighted by Crippen LogP contribution is 2.17. The Labute approximate surface area is 130 Å².